The molecular formula is C21H20ClN7O. The number of piperazine rings is 1. The molecule has 152 valence electrons. The summed E-state index contributed by atoms with van der Waals surface area (Å²) < 4.78 is 1.80. The lowest BCUT2D eigenvalue weighted by Crippen LogP contribution is -2.43. The standard InChI is InChI=1S/C21H20ClN7O/c1-13-11-29-12-14(10-17(22)20(29)25-13)26-21(30)16-2-3-18(28-8-6-23-7-9-28)15-4-5-24-27-19(15)16/h2-5,10-12,23H,6-9H2,1H3,(H,26,30). The summed E-state index contributed by atoms with van der Waals surface area (Å²) >= 11 is 6.34. The number of hydrogen-bond acceptors (Lipinski definition) is 6. The number of benzene rings is 1. The van der Waals surface area contributed by atoms with Gasteiger partial charge in [-0.25, -0.2) is 4.98 Å². The highest BCUT2D eigenvalue weighted by molar-refractivity contribution is 6.33. The van der Waals surface area contributed by atoms with Crippen molar-refractivity contribution in [3.63, 3.8) is 0 Å². The lowest BCUT2D eigenvalue weighted by molar-refractivity contribution is 0.102. The first-order valence-corrected chi connectivity index (χ1v) is 10.1. The van der Waals surface area contributed by atoms with E-state index in [1.807, 2.05) is 31.3 Å². The summed E-state index contributed by atoms with van der Waals surface area (Å²) in [7, 11) is 0. The quantitative estimate of drug-likeness (QED) is 0.529. The number of pyridine rings is 1. The number of amides is 1. The summed E-state index contributed by atoms with van der Waals surface area (Å²) in [6.07, 6.45) is 5.31. The van der Waals surface area contributed by atoms with E-state index in [0.717, 1.165) is 42.9 Å². The molecule has 0 unspecified atom stereocenters. The zero-order chi connectivity index (χ0) is 20.7. The van der Waals surface area contributed by atoms with Crippen molar-refractivity contribution in [1.82, 2.24) is 24.9 Å². The molecule has 9 heteroatoms. The molecule has 0 aliphatic carbocycles. The molecule has 4 heterocycles. The number of halogens is 1. The van der Waals surface area contributed by atoms with Crippen LogP contribution in [0.3, 0.4) is 0 Å². The fourth-order valence-corrected chi connectivity index (χ4v) is 4.14. The Kier molecular flexibility index (Phi) is 4.72. The van der Waals surface area contributed by atoms with Gasteiger partial charge in [-0.3, -0.25) is 4.79 Å². The SMILES string of the molecule is Cc1cn2cc(NC(=O)c3ccc(N4CCNCC4)c4ccnnc34)cc(Cl)c2n1. The predicted octanol–water partition coefficient (Wildman–Crippen LogP) is 2.90. The van der Waals surface area contributed by atoms with Gasteiger partial charge >= 0.3 is 0 Å². The summed E-state index contributed by atoms with van der Waals surface area (Å²) in [6, 6.07) is 7.41. The third-order valence-corrected chi connectivity index (χ3v) is 5.52. The summed E-state index contributed by atoms with van der Waals surface area (Å²) in [5, 5.41) is 16.0. The molecule has 0 spiro atoms. The van der Waals surface area contributed by atoms with E-state index >= 15 is 0 Å². The number of rotatable bonds is 3. The van der Waals surface area contributed by atoms with Gasteiger partial charge < -0.3 is 19.9 Å². The van der Waals surface area contributed by atoms with Crippen LogP contribution >= 0.6 is 11.6 Å². The molecule has 0 saturated carbocycles. The van der Waals surface area contributed by atoms with Gasteiger partial charge in [0, 0.05) is 49.6 Å². The Morgan fingerprint density at radius 3 is 2.87 bits per heavy atom. The largest absolute Gasteiger partial charge is 0.368 e. The summed E-state index contributed by atoms with van der Waals surface area (Å²) in [6.45, 7) is 5.57. The molecule has 30 heavy (non-hydrogen) atoms. The molecule has 0 atom stereocenters. The minimum Gasteiger partial charge on any atom is -0.368 e. The third kappa shape index (κ3) is 3.34. The monoisotopic (exact) mass is 421 g/mol. The normalized spacial score (nSPS) is 14.4. The molecule has 1 aliphatic heterocycles. The van der Waals surface area contributed by atoms with Crippen LogP contribution in [0.15, 0.2) is 42.9 Å². The molecule has 1 amide bonds. The van der Waals surface area contributed by atoms with Crippen LogP contribution in [0.4, 0.5) is 11.4 Å². The van der Waals surface area contributed by atoms with Crippen molar-refractivity contribution in [3.8, 4) is 0 Å². The first-order chi connectivity index (χ1) is 14.6. The molecule has 2 N–H and O–H groups in total. The van der Waals surface area contributed by atoms with Crippen molar-refractivity contribution in [2.24, 2.45) is 0 Å². The zero-order valence-electron chi connectivity index (χ0n) is 16.4. The average Bonchev–Trinajstić information content (AvgIpc) is 3.14. The van der Waals surface area contributed by atoms with E-state index in [2.05, 4.69) is 30.7 Å². The van der Waals surface area contributed by atoms with E-state index in [1.165, 1.54) is 0 Å². The molecule has 1 saturated heterocycles. The van der Waals surface area contributed by atoms with Crippen molar-refractivity contribution < 1.29 is 4.79 Å². The van der Waals surface area contributed by atoms with Crippen LogP contribution < -0.4 is 15.5 Å². The smallest absolute Gasteiger partial charge is 0.257 e. The Labute approximate surface area is 177 Å². The van der Waals surface area contributed by atoms with Gasteiger partial charge in [0.05, 0.1) is 28.2 Å². The molecule has 5 rings (SSSR count). The number of fused-ring (bicyclic) bond motifs is 2. The molecule has 0 radical (unpaired) electrons. The van der Waals surface area contributed by atoms with Crippen LogP contribution in [0.25, 0.3) is 16.6 Å². The molecule has 1 aromatic carbocycles. The maximum atomic E-state index is 13.1. The van der Waals surface area contributed by atoms with Gasteiger partial charge in [-0.15, -0.1) is 5.10 Å². The number of nitrogens with zero attached hydrogens (tertiary/aromatic N) is 5. The number of nitrogens with one attached hydrogen (secondary N) is 2. The highest BCUT2D eigenvalue weighted by Gasteiger charge is 2.19. The minimum atomic E-state index is -0.264. The van der Waals surface area contributed by atoms with E-state index < -0.39 is 0 Å². The number of imidazole rings is 1. The first kappa shape index (κ1) is 18.8. The Bertz CT molecular complexity index is 1260. The fraction of sp³-hybridized carbons (Fsp3) is 0.238. The average molecular weight is 422 g/mol. The Morgan fingerprint density at radius 2 is 2.03 bits per heavy atom. The van der Waals surface area contributed by atoms with Crippen LogP contribution in [0.1, 0.15) is 16.1 Å². The third-order valence-electron chi connectivity index (χ3n) is 5.25. The lowest BCUT2D eigenvalue weighted by Gasteiger charge is -2.30. The van der Waals surface area contributed by atoms with Crippen molar-refractivity contribution in [2.45, 2.75) is 6.92 Å². The van der Waals surface area contributed by atoms with Gasteiger partial charge in [0.15, 0.2) is 5.65 Å². The predicted molar refractivity (Wildman–Crippen MR) is 118 cm³/mol. The molecule has 0 bridgehead atoms. The van der Waals surface area contributed by atoms with Crippen molar-refractivity contribution in [3.05, 3.63) is 59.1 Å². The highest BCUT2D eigenvalue weighted by Crippen LogP contribution is 2.29. The summed E-state index contributed by atoms with van der Waals surface area (Å²) in [5.74, 6) is -0.264. The second-order valence-electron chi connectivity index (χ2n) is 7.31. The molecular weight excluding hydrogens is 402 g/mol. The number of anilines is 2. The van der Waals surface area contributed by atoms with E-state index in [4.69, 9.17) is 11.6 Å². The van der Waals surface area contributed by atoms with Crippen molar-refractivity contribution >= 4 is 45.4 Å². The maximum absolute atomic E-state index is 13.1. The molecule has 4 aromatic rings. The van der Waals surface area contributed by atoms with Crippen molar-refractivity contribution in [2.75, 3.05) is 36.4 Å². The minimum absolute atomic E-state index is 0.264. The van der Waals surface area contributed by atoms with Crippen LogP contribution in [0, 0.1) is 6.92 Å². The Balaban J connectivity index is 1.51. The first-order valence-electron chi connectivity index (χ1n) is 9.76. The second kappa shape index (κ2) is 7.55. The van der Waals surface area contributed by atoms with Crippen LogP contribution in [0.5, 0.6) is 0 Å². The second-order valence-corrected chi connectivity index (χ2v) is 7.71. The van der Waals surface area contributed by atoms with E-state index in [-0.39, 0.29) is 5.91 Å². The zero-order valence-corrected chi connectivity index (χ0v) is 17.1. The van der Waals surface area contributed by atoms with Crippen LogP contribution in [-0.4, -0.2) is 51.7 Å². The van der Waals surface area contributed by atoms with E-state index in [1.54, 1.807) is 22.9 Å². The maximum Gasteiger partial charge on any atom is 0.257 e. The summed E-state index contributed by atoms with van der Waals surface area (Å²) in [5.41, 5.74) is 4.20. The summed E-state index contributed by atoms with van der Waals surface area (Å²) in [4.78, 5) is 19.8. The van der Waals surface area contributed by atoms with Crippen LogP contribution in [-0.2, 0) is 0 Å². The molecule has 1 fully saturated rings. The van der Waals surface area contributed by atoms with Crippen molar-refractivity contribution in [1.29, 1.82) is 0 Å². The topological polar surface area (TPSA) is 87.5 Å². The number of aromatic nitrogens is 4. The number of carbonyl (C=O) groups is 1. The van der Waals surface area contributed by atoms with Gasteiger partial charge in [0.2, 0.25) is 0 Å². The number of hydrogen-bond donors (Lipinski definition) is 2. The lowest BCUT2D eigenvalue weighted by atomic mass is 10.1. The van der Waals surface area contributed by atoms with Gasteiger partial charge in [0.1, 0.15) is 5.52 Å². The van der Waals surface area contributed by atoms with E-state index in [9.17, 15) is 4.79 Å². The molecule has 8 nitrogen and oxygen atoms in total. The van der Waals surface area contributed by atoms with Crippen LogP contribution in [0.2, 0.25) is 5.02 Å². The fourth-order valence-electron chi connectivity index (χ4n) is 3.88. The molecule has 3 aromatic heterocycles. The highest BCUT2D eigenvalue weighted by atomic mass is 35.5. The van der Waals surface area contributed by atoms with Gasteiger partial charge in [-0.05, 0) is 31.2 Å². The number of aryl methyl sites for hydroxylation is 1. The van der Waals surface area contributed by atoms with Gasteiger partial charge in [-0.2, -0.15) is 5.10 Å². The van der Waals surface area contributed by atoms with Gasteiger partial charge in [0.25, 0.3) is 5.91 Å². The van der Waals surface area contributed by atoms with Gasteiger partial charge in [-0.1, -0.05) is 11.6 Å². The Morgan fingerprint density at radius 1 is 1.20 bits per heavy atom. The number of carbonyl (C=O) groups excluding carboxylic acids is 1. The Hall–Kier alpha value is -3.23. The molecule has 1 aliphatic rings. The van der Waals surface area contributed by atoms with E-state index in [0.29, 0.717) is 27.4 Å².